The molecule has 2 aromatic rings. The van der Waals surface area contributed by atoms with Crippen molar-refractivity contribution >= 4 is 16.8 Å². The van der Waals surface area contributed by atoms with Crippen molar-refractivity contribution in [2.24, 2.45) is 0 Å². The number of H-pyrrole nitrogens is 1. The molecule has 0 radical (unpaired) electrons. The fourth-order valence-electron chi connectivity index (χ4n) is 2.44. The lowest BCUT2D eigenvalue weighted by molar-refractivity contribution is -0.133. The van der Waals surface area contributed by atoms with Crippen molar-refractivity contribution in [1.29, 1.82) is 0 Å². The average Bonchev–Trinajstić information content (AvgIpc) is 2.53. The van der Waals surface area contributed by atoms with Gasteiger partial charge < -0.3 is 14.6 Å². The summed E-state index contributed by atoms with van der Waals surface area (Å²) >= 11 is 0. The van der Waals surface area contributed by atoms with Crippen molar-refractivity contribution in [3.8, 4) is 5.75 Å². The zero-order chi connectivity index (χ0) is 17.1. The van der Waals surface area contributed by atoms with Crippen molar-refractivity contribution in [1.82, 2.24) is 14.8 Å². The van der Waals surface area contributed by atoms with Gasteiger partial charge in [0.2, 0.25) is 5.91 Å². The zero-order valence-corrected chi connectivity index (χ0v) is 14.2. The Balaban J connectivity index is 2.30. The fourth-order valence-corrected chi connectivity index (χ4v) is 2.44. The number of nitrogens with one attached hydrogen (secondary N) is 1. The number of likely N-dealkylation sites (N-methyl/N-ethyl adjacent to an activating group) is 2. The molecule has 124 valence electrons. The summed E-state index contributed by atoms with van der Waals surface area (Å²) in [6.45, 7) is 2.23. The average molecular weight is 317 g/mol. The lowest BCUT2D eigenvalue weighted by Gasteiger charge is -2.26. The van der Waals surface area contributed by atoms with Gasteiger partial charge >= 0.3 is 0 Å². The van der Waals surface area contributed by atoms with Gasteiger partial charge in [0.15, 0.2) is 0 Å². The molecular weight excluding hydrogens is 294 g/mol. The molecule has 0 saturated heterocycles. The monoisotopic (exact) mass is 317 g/mol. The van der Waals surface area contributed by atoms with E-state index in [1.807, 2.05) is 43.1 Å². The van der Waals surface area contributed by atoms with Crippen LogP contribution in [-0.2, 0) is 11.3 Å². The Morgan fingerprint density at radius 1 is 1.26 bits per heavy atom. The Kier molecular flexibility index (Phi) is 5.05. The molecule has 1 N–H and O–H groups in total. The number of pyridine rings is 1. The van der Waals surface area contributed by atoms with Crippen LogP contribution in [0, 0.1) is 0 Å². The number of hydrogen-bond acceptors (Lipinski definition) is 4. The molecule has 0 spiro atoms. The molecule has 0 saturated carbocycles. The summed E-state index contributed by atoms with van der Waals surface area (Å²) in [6.07, 6.45) is 0. The van der Waals surface area contributed by atoms with Crippen molar-refractivity contribution in [3.63, 3.8) is 0 Å². The van der Waals surface area contributed by atoms with Crippen LogP contribution in [0.3, 0.4) is 0 Å². The van der Waals surface area contributed by atoms with Crippen LogP contribution >= 0.6 is 0 Å². The summed E-state index contributed by atoms with van der Waals surface area (Å²) in [6, 6.07) is 7.05. The first-order chi connectivity index (χ1) is 10.8. The van der Waals surface area contributed by atoms with Crippen LogP contribution in [0.2, 0.25) is 0 Å². The summed E-state index contributed by atoms with van der Waals surface area (Å²) < 4.78 is 5.22. The third kappa shape index (κ3) is 3.71. The predicted octanol–water partition coefficient (Wildman–Crippen LogP) is 1.45. The van der Waals surface area contributed by atoms with E-state index in [-0.39, 0.29) is 17.5 Å². The van der Waals surface area contributed by atoms with Gasteiger partial charge in [-0.1, -0.05) is 0 Å². The maximum absolute atomic E-state index is 12.2. The number of aromatic amines is 1. The molecule has 0 bridgehead atoms. The standard InChI is InChI=1S/C17H23N3O3/c1-11(17(22)19(2)3)20(4)10-13-8-12-9-14(23-5)6-7-15(12)18-16(13)21/h6-9,11H,10H2,1-5H3,(H,18,21)/t11-/m0/s1. The van der Waals surface area contributed by atoms with Crippen LogP contribution in [0.4, 0.5) is 0 Å². The second kappa shape index (κ2) is 6.83. The number of carbonyl (C=O) groups is 1. The van der Waals surface area contributed by atoms with E-state index in [0.29, 0.717) is 12.1 Å². The number of ether oxygens (including phenoxy) is 1. The molecule has 1 aromatic heterocycles. The molecule has 1 amide bonds. The fraction of sp³-hybridized carbons (Fsp3) is 0.412. The van der Waals surface area contributed by atoms with E-state index < -0.39 is 0 Å². The van der Waals surface area contributed by atoms with Crippen LogP contribution in [0.15, 0.2) is 29.1 Å². The van der Waals surface area contributed by atoms with Crippen molar-refractivity contribution in [3.05, 3.63) is 40.2 Å². The second-order valence-corrected chi connectivity index (χ2v) is 5.90. The highest BCUT2D eigenvalue weighted by Gasteiger charge is 2.20. The number of carbonyl (C=O) groups excluding carboxylic acids is 1. The minimum absolute atomic E-state index is 0.00591. The molecular formula is C17H23N3O3. The maximum Gasteiger partial charge on any atom is 0.252 e. The zero-order valence-electron chi connectivity index (χ0n) is 14.2. The van der Waals surface area contributed by atoms with Crippen LogP contribution in [0.5, 0.6) is 5.75 Å². The SMILES string of the molecule is COc1ccc2[nH]c(=O)c(CN(C)[C@@H](C)C(=O)N(C)C)cc2c1. The van der Waals surface area contributed by atoms with Gasteiger partial charge in [-0.15, -0.1) is 0 Å². The molecule has 1 aromatic carbocycles. The van der Waals surface area contributed by atoms with Gasteiger partial charge in [-0.25, -0.2) is 0 Å². The van der Waals surface area contributed by atoms with Gasteiger partial charge in [0.25, 0.3) is 5.56 Å². The van der Waals surface area contributed by atoms with E-state index >= 15 is 0 Å². The third-order valence-electron chi connectivity index (χ3n) is 4.01. The molecule has 0 aliphatic carbocycles. The number of rotatable bonds is 5. The largest absolute Gasteiger partial charge is 0.497 e. The van der Waals surface area contributed by atoms with Gasteiger partial charge in [-0.2, -0.15) is 0 Å². The van der Waals surface area contributed by atoms with E-state index in [1.165, 1.54) is 0 Å². The minimum atomic E-state index is -0.301. The lowest BCUT2D eigenvalue weighted by atomic mass is 10.1. The summed E-state index contributed by atoms with van der Waals surface area (Å²) in [4.78, 5) is 30.6. The van der Waals surface area contributed by atoms with Gasteiger partial charge in [0.05, 0.1) is 13.2 Å². The number of fused-ring (bicyclic) bond motifs is 1. The van der Waals surface area contributed by atoms with Crippen molar-refractivity contribution in [2.45, 2.75) is 19.5 Å². The summed E-state index contributed by atoms with van der Waals surface area (Å²) in [5.41, 5.74) is 1.24. The summed E-state index contributed by atoms with van der Waals surface area (Å²) in [7, 11) is 6.89. The first-order valence-corrected chi connectivity index (χ1v) is 7.45. The molecule has 6 heteroatoms. The number of amides is 1. The summed E-state index contributed by atoms with van der Waals surface area (Å²) in [5.74, 6) is 0.742. The topological polar surface area (TPSA) is 65.6 Å². The highest BCUT2D eigenvalue weighted by atomic mass is 16.5. The number of nitrogens with zero attached hydrogens (tertiary/aromatic N) is 2. The first kappa shape index (κ1) is 17.0. The molecule has 1 heterocycles. The molecule has 0 fully saturated rings. The van der Waals surface area contributed by atoms with Crippen LogP contribution in [-0.4, -0.2) is 55.0 Å². The normalized spacial score (nSPS) is 12.4. The Bertz CT molecular complexity index is 767. The molecule has 6 nitrogen and oxygen atoms in total. The van der Waals surface area contributed by atoms with Crippen molar-refractivity contribution < 1.29 is 9.53 Å². The molecule has 23 heavy (non-hydrogen) atoms. The number of benzene rings is 1. The molecule has 0 aliphatic heterocycles. The molecule has 1 atom stereocenters. The highest BCUT2D eigenvalue weighted by molar-refractivity contribution is 5.81. The number of hydrogen-bond donors (Lipinski definition) is 1. The Hall–Kier alpha value is -2.34. The molecule has 2 rings (SSSR count). The van der Waals surface area contributed by atoms with E-state index in [2.05, 4.69) is 4.98 Å². The molecule has 0 unspecified atom stereocenters. The minimum Gasteiger partial charge on any atom is -0.497 e. The molecule has 0 aliphatic rings. The highest BCUT2D eigenvalue weighted by Crippen LogP contribution is 2.19. The predicted molar refractivity (Wildman–Crippen MR) is 90.7 cm³/mol. The first-order valence-electron chi connectivity index (χ1n) is 7.45. The Morgan fingerprint density at radius 2 is 1.96 bits per heavy atom. The van der Waals surface area contributed by atoms with E-state index in [0.717, 1.165) is 16.7 Å². The van der Waals surface area contributed by atoms with Crippen molar-refractivity contribution in [2.75, 3.05) is 28.3 Å². The summed E-state index contributed by atoms with van der Waals surface area (Å²) in [5, 5.41) is 0.902. The number of methoxy groups -OCH3 is 1. The van der Waals surface area contributed by atoms with Gasteiger partial charge in [-0.3, -0.25) is 14.5 Å². The van der Waals surface area contributed by atoms with E-state index in [4.69, 9.17) is 4.74 Å². The van der Waals surface area contributed by atoms with Gasteiger partial charge in [0.1, 0.15) is 5.75 Å². The van der Waals surface area contributed by atoms with Gasteiger partial charge in [-0.05, 0) is 38.2 Å². The van der Waals surface area contributed by atoms with Crippen LogP contribution in [0.25, 0.3) is 10.9 Å². The lowest BCUT2D eigenvalue weighted by Crippen LogP contribution is -2.42. The van der Waals surface area contributed by atoms with E-state index in [9.17, 15) is 9.59 Å². The smallest absolute Gasteiger partial charge is 0.252 e. The van der Waals surface area contributed by atoms with Crippen LogP contribution in [0.1, 0.15) is 12.5 Å². The quantitative estimate of drug-likeness (QED) is 0.906. The van der Waals surface area contributed by atoms with Crippen LogP contribution < -0.4 is 10.3 Å². The maximum atomic E-state index is 12.2. The second-order valence-electron chi connectivity index (χ2n) is 5.90. The Labute approximate surface area is 135 Å². The third-order valence-corrected chi connectivity index (χ3v) is 4.01. The number of aromatic nitrogens is 1. The van der Waals surface area contributed by atoms with E-state index in [1.54, 1.807) is 26.1 Å². The van der Waals surface area contributed by atoms with Gasteiger partial charge in [0, 0.05) is 37.1 Å². The Morgan fingerprint density at radius 3 is 2.57 bits per heavy atom.